The number of aliphatic hydroxyl groups is 12. The second kappa shape index (κ2) is 18.6. The van der Waals surface area contributed by atoms with E-state index in [9.17, 15) is 66.1 Å². The van der Waals surface area contributed by atoms with Gasteiger partial charge in [-0.1, -0.05) is 6.08 Å². The quantitative estimate of drug-likeness (QED) is 0.0732. The van der Waals surface area contributed by atoms with Gasteiger partial charge in [-0.3, -0.25) is 0 Å². The first-order valence-electron chi connectivity index (χ1n) is 19.4. The van der Waals surface area contributed by atoms with E-state index in [1.54, 1.807) is 0 Å². The Balaban J connectivity index is 1.16. The van der Waals surface area contributed by atoms with Crippen LogP contribution in [0.2, 0.25) is 0 Å². The molecule has 0 aromatic carbocycles. The standard InChI is InChI=1S/C36H58O19/c37-12-25-28(45)31(48)34(55-35-32(49)30(47)29(46)26(54-35)13-50-27(44)6-2-14-1-4-18(39)21(42)7-14)36(53-25)52-24-11-17-20(41)9-16(38)10-23(17)51-33(24)15-3-5-19(40)22(43)8-15/h2,6,14-26,28-43,45-49H,1,3-5,7-13H2. The summed E-state index contributed by atoms with van der Waals surface area (Å²) in [6.07, 6.45) is -19.6. The van der Waals surface area contributed by atoms with Gasteiger partial charge in [0.05, 0.1) is 61.5 Å². The van der Waals surface area contributed by atoms with Crippen LogP contribution in [0.1, 0.15) is 57.8 Å². The van der Waals surface area contributed by atoms with Gasteiger partial charge in [-0.05, 0) is 69.6 Å². The third-order valence-corrected chi connectivity index (χ3v) is 12.3. The first-order chi connectivity index (χ1) is 26.1. The van der Waals surface area contributed by atoms with E-state index in [1.807, 2.05) is 0 Å². The SMILES string of the molecule is O=C(C=CC1CCC(O)C(O)C1)OCC1OC(OC2C(OC3CC4C(O)CC(O)CC4OC3C3CCC(O)C(O)C3)OC(CO)C(O)C2O)C(O)C(O)C1O. The van der Waals surface area contributed by atoms with E-state index in [4.69, 9.17) is 28.4 Å². The smallest absolute Gasteiger partial charge is 0.330 e. The highest BCUT2D eigenvalue weighted by molar-refractivity contribution is 5.81. The molecule has 6 rings (SSSR count). The summed E-state index contributed by atoms with van der Waals surface area (Å²) in [5.41, 5.74) is 0. The maximum Gasteiger partial charge on any atom is 0.330 e. The zero-order chi connectivity index (χ0) is 39.7. The Morgan fingerprint density at radius 1 is 0.618 bits per heavy atom. The van der Waals surface area contributed by atoms with Gasteiger partial charge in [0.2, 0.25) is 0 Å². The largest absolute Gasteiger partial charge is 0.460 e. The van der Waals surface area contributed by atoms with Crippen molar-refractivity contribution < 1.29 is 94.5 Å². The lowest BCUT2D eigenvalue weighted by Gasteiger charge is -2.51. The van der Waals surface area contributed by atoms with Gasteiger partial charge in [-0.2, -0.15) is 0 Å². The van der Waals surface area contributed by atoms with Crippen molar-refractivity contribution in [1.29, 1.82) is 0 Å². The number of aliphatic hydroxyl groups excluding tert-OH is 12. The summed E-state index contributed by atoms with van der Waals surface area (Å²) in [6, 6.07) is 0. The Morgan fingerprint density at radius 2 is 1.29 bits per heavy atom. The van der Waals surface area contributed by atoms with Gasteiger partial charge >= 0.3 is 5.97 Å². The molecule has 0 radical (unpaired) electrons. The lowest BCUT2D eigenvalue weighted by molar-refractivity contribution is -0.379. The summed E-state index contributed by atoms with van der Waals surface area (Å²) in [4.78, 5) is 12.5. The van der Waals surface area contributed by atoms with Crippen molar-refractivity contribution in [2.45, 2.75) is 174 Å². The topological polar surface area (TPSA) is 315 Å². The molecule has 3 heterocycles. The van der Waals surface area contributed by atoms with Gasteiger partial charge in [0.15, 0.2) is 12.6 Å². The molecule has 3 aliphatic heterocycles. The Morgan fingerprint density at radius 3 is 1.98 bits per heavy atom. The van der Waals surface area contributed by atoms with Gasteiger partial charge in [0.1, 0.15) is 55.4 Å². The molecule has 3 saturated heterocycles. The highest BCUT2D eigenvalue weighted by Crippen LogP contribution is 2.44. The van der Waals surface area contributed by atoms with Crippen LogP contribution in [0.4, 0.5) is 0 Å². The molecule has 316 valence electrons. The molecule has 0 bridgehead atoms. The van der Waals surface area contributed by atoms with Crippen molar-refractivity contribution in [2.75, 3.05) is 13.2 Å². The number of esters is 1. The molecule has 6 fully saturated rings. The number of allylic oxidation sites excluding steroid dienone is 1. The minimum Gasteiger partial charge on any atom is -0.460 e. The third-order valence-electron chi connectivity index (χ3n) is 12.3. The average molecular weight is 795 g/mol. The molecular formula is C36H58O19. The van der Waals surface area contributed by atoms with Crippen LogP contribution in [0.3, 0.4) is 0 Å². The highest BCUT2D eigenvalue weighted by atomic mass is 16.8. The average Bonchev–Trinajstić information content (AvgIpc) is 3.15. The number of rotatable bonds is 10. The number of carbonyl (C=O) groups excluding carboxylic acids is 1. The third kappa shape index (κ3) is 9.88. The van der Waals surface area contributed by atoms with Crippen LogP contribution in [-0.2, 0) is 33.2 Å². The number of ether oxygens (including phenoxy) is 6. The fourth-order valence-electron chi connectivity index (χ4n) is 8.97. The van der Waals surface area contributed by atoms with Crippen LogP contribution >= 0.6 is 0 Å². The molecule has 12 N–H and O–H groups in total. The molecule has 19 heteroatoms. The van der Waals surface area contributed by atoms with Crippen LogP contribution in [-0.4, -0.2) is 197 Å². The first kappa shape index (κ1) is 43.1. The summed E-state index contributed by atoms with van der Waals surface area (Å²) in [6.45, 7) is -1.36. The second-order valence-corrected chi connectivity index (χ2v) is 16.1. The van der Waals surface area contributed by atoms with Gasteiger partial charge in [0, 0.05) is 12.0 Å². The monoisotopic (exact) mass is 794 g/mol. The minimum absolute atomic E-state index is 0.104. The molecule has 22 unspecified atom stereocenters. The first-order valence-corrected chi connectivity index (χ1v) is 19.4. The summed E-state index contributed by atoms with van der Waals surface area (Å²) in [5.74, 6) is -1.86. The number of fused-ring (bicyclic) bond motifs is 1. The molecular weight excluding hydrogens is 736 g/mol. The van der Waals surface area contributed by atoms with Gasteiger partial charge in [-0.15, -0.1) is 0 Å². The van der Waals surface area contributed by atoms with Gasteiger partial charge < -0.3 is 89.7 Å². The summed E-state index contributed by atoms with van der Waals surface area (Å²) < 4.78 is 35.7. The minimum atomic E-state index is -1.93. The summed E-state index contributed by atoms with van der Waals surface area (Å²) in [5, 5.41) is 126. The fourth-order valence-corrected chi connectivity index (χ4v) is 8.97. The fraction of sp³-hybridized carbons (Fsp3) is 0.917. The number of hydrogen-bond acceptors (Lipinski definition) is 19. The van der Waals surface area contributed by atoms with Crippen molar-refractivity contribution in [2.24, 2.45) is 17.8 Å². The second-order valence-electron chi connectivity index (χ2n) is 16.1. The van der Waals surface area contributed by atoms with E-state index in [1.165, 1.54) is 6.08 Å². The Bertz CT molecular complexity index is 1280. The lowest BCUT2D eigenvalue weighted by atomic mass is 9.72. The van der Waals surface area contributed by atoms with E-state index in [0.29, 0.717) is 19.3 Å². The summed E-state index contributed by atoms with van der Waals surface area (Å²) >= 11 is 0. The van der Waals surface area contributed by atoms with Crippen LogP contribution in [0.25, 0.3) is 0 Å². The maximum atomic E-state index is 12.5. The van der Waals surface area contributed by atoms with E-state index in [0.717, 1.165) is 6.08 Å². The predicted molar refractivity (Wildman–Crippen MR) is 181 cm³/mol. The molecule has 0 aromatic rings. The lowest BCUT2D eigenvalue weighted by Crippen LogP contribution is -2.65. The van der Waals surface area contributed by atoms with Crippen LogP contribution in [0.15, 0.2) is 12.2 Å². The van der Waals surface area contributed by atoms with E-state index >= 15 is 0 Å². The van der Waals surface area contributed by atoms with Crippen molar-refractivity contribution in [3.8, 4) is 0 Å². The summed E-state index contributed by atoms with van der Waals surface area (Å²) in [7, 11) is 0. The Kier molecular flexibility index (Phi) is 14.6. The molecule has 3 saturated carbocycles. The normalized spacial score (nSPS) is 51.1. The van der Waals surface area contributed by atoms with E-state index in [2.05, 4.69) is 0 Å². The molecule has 19 nitrogen and oxygen atoms in total. The zero-order valence-electron chi connectivity index (χ0n) is 30.4. The number of carbonyl (C=O) groups is 1. The highest BCUT2D eigenvalue weighted by Gasteiger charge is 2.54. The van der Waals surface area contributed by atoms with Crippen LogP contribution in [0, 0.1) is 17.8 Å². The van der Waals surface area contributed by atoms with Crippen LogP contribution in [0.5, 0.6) is 0 Å². The van der Waals surface area contributed by atoms with Gasteiger partial charge in [-0.25, -0.2) is 4.79 Å². The molecule has 3 aliphatic carbocycles. The Labute approximate surface area is 317 Å². The zero-order valence-corrected chi connectivity index (χ0v) is 30.4. The molecule has 0 spiro atoms. The van der Waals surface area contributed by atoms with E-state index < -0.39 is 141 Å². The Hall–Kier alpha value is -1.47. The molecule has 0 amide bonds. The molecule has 0 aromatic heterocycles. The molecule has 22 atom stereocenters. The molecule has 6 aliphatic rings. The number of hydrogen-bond donors (Lipinski definition) is 12. The van der Waals surface area contributed by atoms with Crippen molar-refractivity contribution in [3.63, 3.8) is 0 Å². The maximum absolute atomic E-state index is 12.5. The van der Waals surface area contributed by atoms with Crippen molar-refractivity contribution in [1.82, 2.24) is 0 Å². The predicted octanol–water partition coefficient (Wildman–Crippen LogP) is -4.56. The van der Waals surface area contributed by atoms with Crippen molar-refractivity contribution in [3.05, 3.63) is 12.2 Å². The van der Waals surface area contributed by atoms with Crippen molar-refractivity contribution >= 4 is 5.97 Å². The van der Waals surface area contributed by atoms with Crippen LogP contribution < -0.4 is 0 Å². The van der Waals surface area contributed by atoms with Gasteiger partial charge in [0.25, 0.3) is 0 Å². The van der Waals surface area contributed by atoms with E-state index in [-0.39, 0.29) is 50.4 Å². The molecule has 55 heavy (non-hydrogen) atoms.